The Kier molecular flexibility index (Phi) is 10.2. The van der Waals surface area contributed by atoms with Gasteiger partial charge >= 0.3 is 11.9 Å². The summed E-state index contributed by atoms with van der Waals surface area (Å²) >= 11 is 0. The summed E-state index contributed by atoms with van der Waals surface area (Å²) in [6.07, 6.45) is 3.64. The maximum atomic E-state index is 11.9. The highest BCUT2D eigenvalue weighted by Gasteiger charge is 2.25. The molecule has 6 N–H and O–H groups in total. The molecule has 0 saturated carbocycles. The Bertz CT molecular complexity index is 1680. The van der Waals surface area contributed by atoms with Gasteiger partial charge in [0.05, 0.1) is 16.1 Å². The number of hydrogen-bond donors (Lipinski definition) is 5. The van der Waals surface area contributed by atoms with Gasteiger partial charge in [-0.05, 0) is 67.6 Å². The molecule has 3 aromatic carbocycles. The lowest BCUT2D eigenvalue weighted by Gasteiger charge is -2.23. The number of amides is 1. The largest absolute Gasteiger partial charge is 0.481 e. The number of carboxylic acid groups (broad SMARTS) is 2. The van der Waals surface area contributed by atoms with Crippen molar-refractivity contribution in [3.8, 4) is 5.69 Å². The molecule has 1 saturated heterocycles. The molecule has 0 unspecified atom stereocenters. The van der Waals surface area contributed by atoms with Gasteiger partial charge in [-0.25, -0.2) is 13.1 Å². The fourth-order valence-corrected chi connectivity index (χ4v) is 6.01. The molecule has 0 aliphatic carbocycles. The van der Waals surface area contributed by atoms with Crippen molar-refractivity contribution in [3.63, 3.8) is 0 Å². The van der Waals surface area contributed by atoms with Gasteiger partial charge in [0.25, 0.3) is 5.91 Å². The number of carbonyl (C=O) groups is 3. The zero-order chi connectivity index (χ0) is 31.0. The van der Waals surface area contributed by atoms with E-state index >= 15 is 0 Å². The summed E-state index contributed by atoms with van der Waals surface area (Å²) in [4.78, 5) is 32.8. The minimum absolute atomic E-state index is 0.0726. The number of nitrogens with two attached hydrogens (primary N) is 1. The zero-order valence-electron chi connectivity index (χ0n) is 23.2. The number of carboxylic acids is 2. The number of sulfonamides is 1. The number of nitrogens with zero attached hydrogens (tertiary/aromatic N) is 2. The maximum Gasteiger partial charge on any atom is 0.321 e. The fourth-order valence-electron chi connectivity index (χ4n) is 4.77. The van der Waals surface area contributed by atoms with Gasteiger partial charge in [0.15, 0.2) is 0 Å². The highest BCUT2D eigenvalue weighted by molar-refractivity contribution is 7.89. The fraction of sp³-hybridized carbons (Fsp3) is 0.267. The Labute approximate surface area is 248 Å². The van der Waals surface area contributed by atoms with Gasteiger partial charge < -0.3 is 21.3 Å². The number of nitrogens with one attached hydrogen (secondary N) is 2. The van der Waals surface area contributed by atoms with Gasteiger partial charge in [-0.2, -0.15) is 9.82 Å². The van der Waals surface area contributed by atoms with Crippen molar-refractivity contribution >= 4 is 38.8 Å². The molecule has 0 spiro atoms. The topological polar surface area (TPSA) is 194 Å². The summed E-state index contributed by atoms with van der Waals surface area (Å²) in [5.41, 5.74) is 8.88. The number of aromatic nitrogens is 2. The number of hydrogen-bond acceptors (Lipinski definition) is 7. The van der Waals surface area contributed by atoms with E-state index in [2.05, 4.69) is 34.7 Å². The average Bonchev–Trinajstić information content (AvgIpc) is 3.45. The van der Waals surface area contributed by atoms with Gasteiger partial charge in [0.1, 0.15) is 11.6 Å². The molecule has 12 nitrogen and oxygen atoms in total. The van der Waals surface area contributed by atoms with Crippen LogP contribution >= 0.6 is 0 Å². The molecule has 1 fully saturated rings. The number of primary amides is 1. The molecule has 13 heteroatoms. The van der Waals surface area contributed by atoms with Crippen LogP contribution in [0.2, 0.25) is 0 Å². The van der Waals surface area contributed by atoms with E-state index in [1.165, 1.54) is 42.7 Å². The Hall–Kier alpha value is -4.59. The van der Waals surface area contributed by atoms with E-state index in [0.717, 1.165) is 24.2 Å². The summed E-state index contributed by atoms with van der Waals surface area (Å²) < 4.78 is 27.5. The van der Waals surface area contributed by atoms with Crippen LogP contribution in [0.5, 0.6) is 0 Å². The first-order valence-electron chi connectivity index (χ1n) is 13.7. The van der Waals surface area contributed by atoms with Gasteiger partial charge in [-0.3, -0.25) is 14.4 Å². The SMILES string of the molecule is NC(=O)c1cccc2cn(-c3ccc([C@@H]4CCCNC4)cc3)nc12.O=C(O)CC[C@H](NS(=O)(=O)c1ccccc1)C(=O)O. The smallest absolute Gasteiger partial charge is 0.321 e. The molecular weight excluding hydrogens is 574 g/mol. The Morgan fingerprint density at radius 2 is 1.74 bits per heavy atom. The summed E-state index contributed by atoms with van der Waals surface area (Å²) in [6.45, 7) is 2.17. The van der Waals surface area contributed by atoms with Crippen molar-refractivity contribution in [1.82, 2.24) is 19.8 Å². The lowest BCUT2D eigenvalue weighted by atomic mass is 9.92. The van der Waals surface area contributed by atoms with Crippen LogP contribution in [-0.2, 0) is 19.6 Å². The van der Waals surface area contributed by atoms with Gasteiger partial charge in [0.2, 0.25) is 10.0 Å². The molecule has 0 radical (unpaired) electrons. The molecule has 1 aromatic heterocycles. The van der Waals surface area contributed by atoms with E-state index in [0.29, 0.717) is 17.0 Å². The first kappa shape index (κ1) is 31.3. The van der Waals surface area contributed by atoms with Gasteiger partial charge in [-0.15, -0.1) is 0 Å². The summed E-state index contributed by atoms with van der Waals surface area (Å²) in [7, 11) is -3.98. The zero-order valence-corrected chi connectivity index (χ0v) is 24.0. The van der Waals surface area contributed by atoms with Crippen LogP contribution in [-0.4, -0.2) is 65.4 Å². The van der Waals surface area contributed by atoms with Crippen LogP contribution in [0.4, 0.5) is 0 Å². The first-order chi connectivity index (χ1) is 20.5. The van der Waals surface area contributed by atoms with Crippen molar-refractivity contribution in [3.05, 3.63) is 90.1 Å². The van der Waals surface area contributed by atoms with E-state index in [1.54, 1.807) is 16.8 Å². The average molecular weight is 608 g/mol. The Balaban J connectivity index is 0.000000204. The Morgan fingerprint density at radius 3 is 2.35 bits per heavy atom. The lowest BCUT2D eigenvalue weighted by molar-refractivity contribution is -0.140. The second-order valence-electron chi connectivity index (χ2n) is 10.1. The molecule has 5 rings (SSSR count). The van der Waals surface area contributed by atoms with Crippen molar-refractivity contribution in [1.29, 1.82) is 0 Å². The second kappa shape index (κ2) is 14.1. The highest BCUT2D eigenvalue weighted by Crippen LogP contribution is 2.25. The third kappa shape index (κ3) is 8.25. The predicted octanol–water partition coefficient (Wildman–Crippen LogP) is 2.87. The van der Waals surface area contributed by atoms with Crippen LogP contribution < -0.4 is 15.8 Å². The van der Waals surface area contributed by atoms with Gasteiger partial charge in [-0.1, -0.05) is 42.5 Å². The molecule has 1 aliphatic heterocycles. The van der Waals surface area contributed by atoms with Gasteiger partial charge in [0, 0.05) is 24.5 Å². The lowest BCUT2D eigenvalue weighted by Crippen LogP contribution is -2.41. The third-order valence-electron chi connectivity index (χ3n) is 7.02. The number of aliphatic carboxylic acids is 2. The van der Waals surface area contributed by atoms with E-state index in [-0.39, 0.29) is 11.3 Å². The Morgan fingerprint density at radius 1 is 1.02 bits per heavy atom. The highest BCUT2D eigenvalue weighted by atomic mass is 32.2. The molecule has 4 aromatic rings. The molecule has 2 atom stereocenters. The number of fused-ring (bicyclic) bond motifs is 1. The summed E-state index contributed by atoms with van der Waals surface area (Å²) in [5.74, 6) is -2.47. The van der Waals surface area contributed by atoms with E-state index in [4.69, 9.17) is 15.9 Å². The van der Waals surface area contributed by atoms with Crippen LogP contribution in [0.15, 0.2) is 83.9 Å². The number of rotatable bonds is 10. The van der Waals surface area contributed by atoms with E-state index < -0.39 is 40.3 Å². The predicted molar refractivity (Wildman–Crippen MR) is 159 cm³/mol. The van der Waals surface area contributed by atoms with Crippen LogP contribution in [0.3, 0.4) is 0 Å². The molecular formula is C30H33N5O7S. The van der Waals surface area contributed by atoms with E-state index in [9.17, 15) is 22.8 Å². The number of benzene rings is 3. The minimum atomic E-state index is -3.98. The standard InChI is InChI=1S/C19H20N4O.C11H13NO6S/c20-19(24)17-5-1-3-15-12-23(22-18(15)17)16-8-6-13(7-9-16)14-4-2-10-21-11-14;13-10(14)7-6-9(11(15)16)12-19(17,18)8-4-2-1-3-5-8/h1,3,5-9,12,14,21H,2,4,10-11H2,(H2,20,24);1-5,9,12H,6-7H2,(H,13,14)(H,15,16)/t14-;9-/m10/s1. The maximum absolute atomic E-state index is 11.9. The number of piperidine rings is 1. The molecule has 1 amide bonds. The van der Waals surface area contributed by atoms with E-state index in [1.807, 2.05) is 23.1 Å². The molecule has 0 bridgehead atoms. The molecule has 2 heterocycles. The first-order valence-corrected chi connectivity index (χ1v) is 15.1. The summed E-state index contributed by atoms with van der Waals surface area (Å²) in [5, 5.41) is 26.3. The van der Waals surface area contributed by atoms with Crippen LogP contribution in [0, 0.1) is 0 Å². The van der Waals surface area contributed by atoms with Crippen molar-refractivity contribution < 1.29 is 33.0 Å². The van der Waals surface area contributed by atoms with Crippen molar-refractivity contribution in [2.45, 2.75) is 42.5 Å². The third-order valence-corrected chi connectivity index (χ3v) is 8.51. The quantitative estimate of drug-likeness (QED) is 0.180. The summed E-state index contributed by atoms with van der Waals surface area (Å²) in [6, 6.07) is 19.8. The molecule has 1 aliphatic rings. The van der Waals surface area contributed by atoms with Crippen molar-refractivity contribution in [2.24, 2.45) is 5.73 Å². The second-order valence-corrected chi connectivity index (χ2v) is 11.8. The van der Waals surface area contributed by atoms with Crippen LogP contribution in [0.25, 0.3) is 16.6 Å². The van der Waals surface area contributed by atoms with Crippen LogP contribution in [0.1, 0.15) is 47.5 Å². The monoisotopic (exact) mass is 607 g/mol. The molecule has 43 heavy (non-hydrogen) atoms. The minimum Gasteiger partial charge on any atom is -0.481 e. The normalized spacial score (nSPS) is 15.7. The molecule has 226 valence electrons. The van der Waals surface area contributed by atoms with Crippen molar-refractivity contribution in [2.75, 3.05) is 13.1 Å². The number of carbonyl (C=O) groups excluding carboxylic acids is 1.